The quantitative estimate of drug-likeness (QED) is 0.666. The van der Waals surface area contributed by atoms with Gasteiger partial charge in [0.15, 0.2) is 0 Å². The maximum atomic E-state index is 11.8. The molecule has 1 aromatic carbocycles. The summed E-state index contributed by atoms with van der Waals surface area (Å²) >= 11 is 0. The zero-order valence-electron chi connectivity index (χ0n) is 12.8. The van der Waals surface area contributed by atoms with Crippen LogP contribution in [0, 0.1) is 12.8 Å². The van der Waals surface area contributed by atoms with Crippen molar-refractivity contribution >= 4 is 17.3 Å². The van der Waals surface area contributed by atoms with Gasteiger partial charge in [0.2, 0.25) is 0 Å². The molecule has 4 heteroatoms. The van der Waals surface area contributed by atoms with Crippen LogP contribution in [0.5, 0.6) is 0 Å². The molecule has 2 rings (SSSR count). The second-order valence-electron chi connectivity index (χ2n) is 5.90. The maximum absolute atomic E-state index is 11.8. The number of nitrogen functional groups attached to an aromatic ring is 1. The lowest BCUT2D eigenvalue weighted by molar-refractivity contribution is 0.0602. The SMILES string of the molecule is COC(=O)c1cc(N2CC(C)CCC2C)cc(C)c1N. The minimum absolute atomic E-state index is 0.370. The Kier molecular flexibility index (Phi) is 4.21. The van der Waals surface area contributed by atoms with Gasteiger partial charge in [0.05, 0.1) is 12.7 Å². The number of nitrogens with zero attached hydrogens (tertiary/aromatic N) is 1. The molecule has 0 bridgehead atoms. The molecule has 2 N–H and O–H groups in total. The van der Waals surface area contributed by atoms with Gasteiger partial charge in [-0.25, -0.2) is 4.79 Å². The van der Waals surface area contributed by atoms with E-state index in [0.29, 0.717) is 23.2 Å². The molecule has 0 aromatic heterocycles. The minimum Gasteiger partial charge on any atom is -0.465 e. The Labute approximate surface area is 120 Å². The molecule has 20 heavy (non-hydrogen) atoms. The highest BCUT2D eigenvalue weighted by Crippen LogP contribution is 2.31. The summed E-state index contributed by atoms with van der Waals surface area (Å²) in [5.41, 5.74) is 8.97. The number of methoxy groups -OCH3 is 1. The van der Waals surface area contributed by atoms with Crippen molar-refractivity contribution in [3.63, 3.8) is 0 Å². The van der Waals surface area contributed by atoms with E-state index in [2.05, 4.69) is 24.8 Å². The summed E-state index contributed by atoms with van der Waals surface area (Å²) in [6, 6.07) is 4.42. The number of nitrogens with two attached hydrogens (primary N) is 1. The molecule has 1 aliphatic heterocycles. The van der Waals surface area contributed by atoms with Crippen LogP contribution in [0.4, 0.5) is 11.4 Å². The van der Waals surface area contributed by atoms with Crippen LogP contribution in [-0.4, -0.2) is 25.7 Å². The van der Waals surface area contributed by atoms with Gasteiger partial charge >= 0.3 is 5.97 Å². The number of piperidine rings is 1. The third-order valence-corrected chi connectivity index (χ3v) is 4.23. The van der Waals surface area contributed by atoms with Gasteiger partial charge in [-0.1, -0.05) is 6.92 Å². The molecule has 1 heterocycles. The van der Waals surface area contributed by atoms with Crippen molar-refractivity contribution < 1.29 is 9.53 Å². The zero-order chi connectivity index (χ0) is 14.9. The molecular formula is C16H24N2O2. The van der Waals surface area contributed by atoms with E-state index in [-0.39, 0.29) is 5.97 Å². The number of carbonyl (C=O) groups excluding carboxylic acids is 1. The van der Waals surface area contributed by atoms with Crippen molar-refractivity contribution in [3.05, 3.63) is 23.3 Å². The average Bonchev–Trinajstić information content (AvgIpc) is 2.43. The largest absolute Gasteiger partial charge is 0.465 e. The van der Waals surface area contributed by atoms with E-state index in [1.165, 1.54) is 20.0 Å². The summed E-state index contributed by atoms with van der Waals surface area (Å²) in [6.45, 7) is 7.45. The fraction of sp³-hybridized carbons (Fsp3) is 0.562. The topological polar surface area (TPSA) is 55.6 Å². The standard InChI is InChI=1S/C16H24N2O2/c1-10-5-6-12(3)18(9-10)13-7-11(2)15(17)14(8-13)16(19)20-4/h7-8,10,12H,5-6,9,17H2,1-4H3. The van der Waals surface area contributed by atoms with Gasteiger partial charge in [-0.15, -0.1) is 0 Å². The highest BCUT2D eigenvalue weighted by Gasteiger charge is 2.25. The molecule has 0 spiro atoms. The molecule has 1 saturated heterocycles. The number of aryl methyl sites for hydroxylation is 1. The molecule has 1 fully saturated rings. The summed E-state index contributed by atoms with van der Waals surface area (Å²) in [5.74, 6) is 0.302. The van der Waals surface area contributed by atoms with Gasteiger partial charge in [0.25, 0.3) is 0 Å². The lowest BCUT2D eigenvalue weighted by atomic mass is 9.93. The van der Waals surface area contributed by atoms with Crippen LogP contribution in [0.2, 0.25) is 0 Å². The molecule has 1 aromatic rings. The zero-order valence-corrected chi connectivity index (χ0v) is 12.8. The smallest absolute Gasteiger partial charge is 0.340 e. The number of ether oxygens (including phenoxy) is 1. The number of esters is 1. The van der Waals surface area contributed by atoms with E-state index in [9.17, 15) is 4.79 Å². The van der Waals surface area contributed by atoms with Gasteiger partial charge in [-0.2, -0.15) is 0 Å². The molecule has 0 aliphatic carbocycles. The Hall–Kier alpha value is -1.71. The first-order valence-corrected chi connectivity index (χ1v) is 7.19. The lowest BCUT2D eigenvalue weighted by Gasteiger charge is -2.39. The summed E-state index contributed by atoms with van der Waals surface area (Å²) in [6.07, 6.45) is 2.44. The second kappa shape index (κ2) is 5.73. The van der Waals surface area contributed by atoms with Crippen molar-refractivity contribution in [1.82, 2.24) is 0 Å². The first kappa shape index (κ1) is 14.7. The summed E-state index contributed by atoms with van der Waals surface area (Å²) < 4.78 is 4.82. The first-order valence-electron chi connectivity index (χ1n) is 7.19. The van der Waals surface area contributed by atoms with Gasteiger partial charge < -0.3 is 15.4 Å². The highest BCUT2D eigenvalue weighted by molar-refractivity contribution is 5.97. The van der Waals surface area contributed by atoms with E-state index in [4.69, 9.17) is 10.5 Å². The maximum Gasteiger partial charge on any atom is 0.340 e. The summed E-state index contributed by atoms with van der Waals surface area (Å²) in [7, 11) is 1.38. The van der Waals surface area contributed by atoms with Crippen LogP contribution in [0.1, 0.15) is 42.6 Å². The molecular weight excluding hydrogens is 252 g/mol. The van der Waals surface area contributed by atoms with E-state index >= 15 is 0 Å². The first-order chi connectivity index (χ1) is 9.43. The van der Waals surface area contributed by atoms with Gasteiger partial charge in [0, 0.05) is 24.0 Å². The monoisotopic (exact) mass is 276 g/mol. The highest BCUT2D eigenvalue weighted by atomic mass is 16.5. The minimum atomic E-state index is -0.370. The molecule has 2 atom stereocenters. The predicted molar refractivity (Wildman–Crippen MR) is 82.1 cm³/mol. The Bertz CT molecular complexity index is 513. The number of carbonyl (C=O) groups is 1. The van der Waals surface area contributed by atoms with Crippen molar-refractivity contribution in [2.24, 2.45) is 5.92 Å². The van der Waals surface area contributed by atoms with E-state index in [1.54, 1.807) is 0 Å². The van der Waals surface area contributed by atoms with Crippen molar-refractivity contribution in [3.8, 4) is 0 Å². The number of benzene rings is 1. The van der Waals surface area contributed by atoms with Gasteiger partial charge in [-0.05, 0) is 50.3 Å². The molecule has 4 nitrogen and oxygen atoms in total. The van der Waals surface area contributed by atoms with Gasteiger partial charge in [0.1, 0.15) is 0 Å². The Balaban J connectivity index is 2.41. The Morgan fingerprint density at radius 2 is 2.05 bits per heavy atom. The lowest BCUT2D eigenvalue weighted by Crippen LogP contribution is -2.41. The average molecular weight is 276 g/mol. The third-order valence-electron chi connectivity index (χ3n) is 4.23. The molecule has 110 valence electrons. The molecule has 0 amide bonds. The van der Waals surface area contributed by atoms with E-state index in [1.807, 2.05) is 13.0 Å². The summed E-state index contributed by atoms with van der Waals surface area (Å²) in [5, 5.41) is 0. The van der Waals surface area contributed by atoms with Crippen LogP contribution in [0.3, 0.4) is 0 Å². The molecule has 2 unspecified atom stereocenters. The predicted octanol–water partition coefficient (Wildman–Crippen LogP) is 2.99. The van der Waals surface area contributed by atoms with Crippen molar-refractivity contribution in [2.45, 2.75) is 39.7 Å². The Morgan fingerprint density at radius 1 is 1.35 bits per heavy atom. The second-order valence-corrected chi connectivity index (χ2v) is 5.90. The fourth-order valence-corrected chi connectivity index (χ4v) is 2.87. The van der Waals surface area contributed by atoms with Crippen LogP contribution >= 0.6 is 0 Å². The number of hydrogen-bond acceptors (Lipinski definition) is 4. The molecule has 0 saturated carbocycles. The Morgan fingerprint density at radius 3 is 2.70 bits per heavy atom. The van der Waals surface area contributed by atoms with Gasteiger partial charge in [-0.3, -0.25) is 0 Å². The van der Waals surface area contributed by atoms with Crippen molar-refractivity contribution in [2.75, 3.05) is 24.3 Å². The third kappa shape index (κ3) is 2.74. The van der Waals surface area contributed by atoms with E-state index in [0.717, 1.165) is 17.8 Å². The number of rotatable bonds is 2. The fourth-order valence-electron chi connectivity index (χ4n) is 2.87. The van der Waals surface area contributed by atoms with Crippen LogP contribution in [0.25, 0.3) is 0 Å². The van der Waals surface area contributed by atoms with Crippen LogP contribution in [0.15, 0.2) is 12.1 Å². The van der Waals surface area contributed by atoms with E-state index < -0.39 is 0 Å². The number of anilines is 2. The van der Waals surface area contributed by atoms with Crippen LogP contribution in [-0.2, 0) is 4.74 Å². The van der Waals surface area contributed by atoms with Crippen molar-refractivity contribution in [1.29, 1.82) is 0 Å². The van der Waals surface area contributed by atoms with Crippen LogP contribution < -0.4 is 10.6 Å². The number of hydrogen-bond donors (Lipinski definition) is 1. The summed E-state index contributed by atoms with van der Waals surface area (Å²) in [4.78, 5) is 14.2. The molecule has 0 radical (unpaired) electrons. The normalized spacial score (nSPS) is 22.7. The molecule has 1 aliphatic rings.